The van der Waals surface area contributed by atoms with Gasteiger partial charge in [0.25, 0.3) is 0 Å². The Hall–Kier alpha value is -3.63. The van der Waals surface area contributed by atoms with Gasteiger partial charge in [-0.2, -0.15) is 5.10 Å². The van der Waals surface area contributed by atoms with E-state index in [1.165, 1.54) is 18.3 Å². The summed E-state index contributed by atoms with van der Waals surface area (Å²) in [5.41, 5.74) is 5.74. The molecule has 5 rings (SSSR count). The van der Waals surface area contributed by atoms with E-state index in [9.17, 15) is 9.90 Å². The van der Waals surface area contributed by atoms with Crippen LogP contribution in [-0.4, -0.2) is 55.9 Å². The van der Waals surface area contributed by atoms with E-state index in [-0.39, 0.29) is 12.5 Å². The molecule has 9 nitrogen and oxygen atoms in total. The van der Waals surface area contributed by atoms with Crippen LogP contribution in [0.4, 0.5) is 10.9 Å². The van der Waals surface area contributed by atoms with Crippen molar-refractivity contribution >= 4 is 28.2 Å². The second-order valence-electron chi connectivity index (χ2n) is 7.83. The fourth-order valence-electron chi connectivity index (χ4n) is 3.99. The number of pyridine rings is 2. The number of aliphatic hydroxyl groups excluding tert-OH is 1. The molecule has 0 saturated carbocycles. The van der Waals surface area contributed by atoms with Gasteiger partial charge in [0.15, 0.2) is 5.13 Å². The number of thiazole rings is 1. The van der Waals surface area contributed by atoms with E-state index in [1.54, 1.807) is 12.4 Å². The minimum Gasteiger partial charge on any atom is -0.395 e. The Balaban J connectivity index is 1.65. The highest BCUT2D eigenvalue weighted by Crippen LogP contribution is 2.44. The summed E-state index contributed by atoms with van der Waals surface area (Å²) >= 11 is 1.46. The first-order valence-electron chi connectivity index (χ1n) is 10.6. The zero-order valence-electron chi connectivity index (χ0n) is 18.3. The van der Waals surface area contributed by atoms with Crippen molar-refractivity contribution in [1.82, 2.24) is 24.7 Å². The summed E-state index contributed by atoms with van der Waals surface area (Å²) in [5, 5.41) is 17.6. The number of hydrogen-bond acceptors (Lipinski definition) is 8. The van der Waals surface area contributed by atoms with Crippen LogP contribution in [0.3, 0.4) is 0 Å². The Bertz CT molecular complexity index is 1300. The van der Waals surface area contributed by atoms with Gasteiger partial charge >= 0.3 is 0 Å². The number of likely N-dealkylation sites (N-methyl/N-ethyl adjacent to an activating group) is 1. The van der Waals surface area contributed by atoms with Crippen molar-refractivity contribution in [3.8, 4) is 27.5 Å². The number of amides is 1. The lowest BCUT2D eigenvalue weighted by atomic mass is 9.95. The van der Waals surface area contributed by atoms with Gasteiger partial charge < -0.3 is 15.3 Å². The van der Waals surface area contributed by atoms with Gasteiger partial charge in [-0.15, -0.1) is 0 Å². The average Bonchev–Trinajstić information content (AvgIpc) is 3.40. The van der Waals surface area contributed by atoms with Crippen molar-refractivity contribution < 1.29 is 9.90 Å². The van der Waals surface area contributed by atoms with Gasteiger partial charge in [0.05, 0.1) is 40.5 Å². The minimum absolute atomic E-state index is 0.0614. The summed E-state index contributed by atoms with van der Waals surface area (Å²) in [6.45, 7) is 2.05. The van der Waals surface area contributed by atoms with Gasteiger partial charge in [0.1, 0.15) is 5.82 Å². The van der Waals surface area contributed by atoms with Crippen LogP contribution >= 0.6 is 11.3 Å². The highest BCUT2D eigenvalue weighted by molar-refractivity contribution is 7.19. The first-order valence-corrected chi connectivity index (χ1v) is 11.4. The van der Waals surface area contributed by atoms with E-state index in [4.69, 9.17) is 5.10 Å². The van der Waals surface area contributed by atoms with E-state index < -0.39 is 0 Å². The van der Waals surface area contributed by atoms with E-state index in [2.05, 4.69) is 20.3 Å². The number of anilines is 2. The topological polar surface area (TPSA) is 109 Å². The molecule has 33 heavy (non-hydrogen) atoms. The van der Waals surface area contributed by atoms with E-state index in [1.807, 2.05) is 47.1 Å². The normalized spacial score (nSPS) is 12.2. The fourth-order valence-corrected chi connectivity index (χ4v) is 5.11. The average molecular weight is 462 g/mol. The molecule has 10 heteroatoms. The van der Waals surface area contributed by atoms with Crippen molar-refractivity contribution in [3.63, 3.8) is 0 Å². The largest absolute Gasteiger partial charge is 0.395 e. The zero-order valence-corrected chi connectivity index (χ0v) is 19.1. The number of hydrogen-bond donors (Lipinski definition) is 2. The lowest BCUT2D eigenvalue weighted by Crippen LogP contribution is -2.22. The summed E-state index contributed by atoms with van der Waals surface area (Å²) in [6, 6.07) is 7.81. The molecule has 0 fully saturated rings. The molecule has 0 spiro atoms. The van der Waals surface area contributed by atoms with Crippen LogP contribution in [0.15, 0.2) is 42.9 Å². The molecule has 1 aliphatic rings. The highest BCUT2D eigenvalue weighted by atomic mass is 32.1. The van der Waals surface area contributed by atoms with Gasteiger partial charge in [0.2, 0.25) is 5.91 Å². The van der Waals surface area contributed by atoms with Crippen molar-refractivity contribution in [2.75, 3.05) is 30.4 Å². The maximum absolute atomic E-state index is 11.6. The first-order chi connectivity index (χ1) is 16.0. The lowest BCUT2D eigenvalue weighted by Gasteiger charge is -2.17. The predicted octanol–water partition coefficient (Wildman–Crippen LogP) is 2.94. The first kappa shape index (κ1) is 21.2. The van der Waals surface area contributed by atoms with Crippen LogP contribution in [0.1, 0.15) is 18.2 Å². The molecular formula is C23H23N7O2S. The molecule has 0 unspecified atom stereocenters. The second kappa shape index (κ2) is 8.72. The lowest BCUT2D eigenvalue weighted by molar-refractivity contribution is -0.114. The summed E-state index contributed by atoms with van der Waals surface area (Å²) in [5.74, 6) is 0.630. The van der Waals surface area contributed by atoms with E-state index in [0.29, 0.717) is 11.7 Å². The third-order valence-electron chi connectivity index (χ3n) is 5.53. The van der Waals surface area contributed by atoms with Gasteiger partial charge in [0, 0.05) is 44.0 Å². The molecule has 2 N–H and O–H groups in total. The molecule has 0 saturated heterocycles. The summed E-state index contributed by atoms with van der Waals surface area (Å²) in [7, 11) is 1.89. The smallest absolute Gasteiger partial charge is 0.223 e. The molecule has 4 aromatic heterocycles. The molecule has 0 aromatic carbocycles. The number of fused-ring (bicyclic) bond motifs is 3. The van der Waals surface area contributed by atoms with Crippen LogP contribution < -0.4 is 10.2 Å². The summed E-state index contributed by atoms with van der Waals surface area (Å²) in [4.78, 5) is 28.0. The third kappa shape index (κ3) is 3.98. The molecule has 0 aliphatic heterocycles. The summed E-state index contributed by atoms with van der Waals surface area (Å²) in [6.07, 6.45) is 6.93. The van der Waals surface area contributed by atoms with E-state index >= 15 is 0 Å². The van der Waals surface area contributed by atoms with Crippen LogP contribution in [0.5, 0.6) is 0 Å². The monoisotopic (exact) mass is 461 g/mol. The number of rotatable bonds is 6. The summed E-state index contributed by atoms with van der Waals surface area (Å²) < 4.78 is 1.91. The fraction of sp³-hybridized carbons (Fsp3) is 0.261. The molecule has 1 amide bonds. The SMILES string of the molecule is CC(=O)Nc1nc2c(s1)-c1c(c(-c3cccnc3)nn1-c1ccc(N(C)CCO)nc1)CC2. The van der Waals surface area contributed by atoms with E-state index in [0.717, 1.165) is 57.4 Å². The third-order valence-corrected chi connectivity index (χ3v) is 6.55. The number of nitrogens with one attached hydrogen (secondary N) is 1. The molecular weight excluding hydrogens is 438 g/mol. The van der Waals surface area contributed by atoms with Crippen LogP contribution in [0.2, 0.25) is 0 Å². The number of carbonyl (C=O) groups is 1. The standard InChI is InChI=1S/C23H23N7O2S/c1-14(32)26-23-27-18-7-6-17-20(15-4-3-9-24-12-15)28-30(21(17)22(18)33-23)16-5-8-19(25-13-16)29(2)10-11-31/h3-5,8-9,12-13,31H,6-7,10-11H2,1-2H3,(H,26,27,32). The Morgan fingerprint density at radius 3 is 2.85 bits per heavy atom. The molecule has 1 aliphatic carbocycles. The minimum atomic E-state index is -0.141. The maximum Gasteiger partial charge on any atom is 0.223 e. The number of aliphatic hydroxyl groups is 1. The van der Waals surface area contributed by atoms with Gasteiger partial charge in [-0.3, -0.25) is 9.78 Å². The highest BCUT2D eigenvalue weighted by Gasteiger charge is 2.30. The molecule has 4 aromatic rings. The number of nitrogens with zero attached hydrogens (tertiary/aromatic N) is 6. The Morgan fingerprint density at radius 1 is 1.27 bits per heavy atom. The quantitative estimate of drug-likeness (QED) is 0.454. The molecule has 0 radical (unpaired) electrons. The van der Waals surface area contributed by atoms with Gasteiger partial charge in [-0.25, -0.2) is 14.6 Å². The maximum atomic E-state index is 11.6. The molecule has 4 heterocycles. The van der Waals surface area contributed by atoms with Crippen LogP contribution in [-0.2, 0) is 17.6 Å². The number of carbonyl (C=O) groups excluding carboxylic acids is 1. The molecule has 0 atom stereocenters. The van der Waals surface area contributed by atoms with Gasteiger partial charge in [-0.1, -0.05) is 11.3 Å². The van der Waals surface area contributed by atoms with Crippen LogP contribution in [0.25, 0.3) is 27.5 Å². The Morgan fingerprint density at radius 2 is 2.15 bits per heavy atom. The Kier molecular flexibility index (Phi) is 5.61. The second-order valence-corrected chi connectivity index (χ2v) is 8.82. The van der Waals surface area contributed by atoms with Crippen molar-refractivity contribution in [1.29, 1.82) is 0 Å². The molecule has 0 bridgehead atoms. The van der Waals surface area contributed by atoms with Crippen molar-refractivity contribution in [2.45, 2.75) is 19.8 Å². The zero-order chi connectivity index (χ0) is 22.9. The Labute approximate surface area is 194 Å². The molecule has 168 valence electrons. The van der Waals surface area contributed by atoms with Crippen molar-refractivity contribution in [3.05, 3.63) is 54.1 Å². The van der Waals surface area contributed by atoms with Gasteiger partial charge in [-0.05, 0) is 37.1 Å². The predicted molar refractivity (Wildman–Crippen MR) is 128 cm³/mol. The number of aromatic nitrogens is 5. The van der Waals surface area contributed by atoms with Crippen molar-refractivity contribution in [2.24, 2.45) is 0 Å². The van der Waals surface area contributed by atoms with Crippen LogP contribution in [0, 0.1) is 0 Å². The number of aryl methyl sites for hydroxylation is 1.